The van der Waals surface area contributed by atoms with Gasteiger partial charge in [-0.3, -0.25) is 4.90 Å². The average Bonchev–Trinajstić information content (AvgIpc) is 2.44. The summed E-state index contributed by atoms with van der Waals surface area (Å²) in [5.74, 6) is 0.612. The lowest BCUT2D eigenvalue weighted by Gasteiger charge is -2.33. The number of halogens is 1. The van der Waals surface area contributed by atoms with Crippen LogP contribution in [0.1, 0.15) is 11.6 Å². The molecule has 1 fully saturated rings. The van der Waals surface area contributed by atoms with E-state index in [0.717, 1.165) is 31.7 Å². The van der Waals surface area contributed by atoms with Crippen LogP contribution >= 0.6 is 15.9 Å². The van der Waals surface area contributed by atoms with Gasteiger partial charge in [0.05, 0.1) is 17.6 Å². The molecule has 1 aromatic carbocycles. The van der Waals surface area contributed by atoms with Gasteiger partial charge in [0.2, 0.25) is 0 Å². The molecule has 5 heteroatoms. The largest absolute Gasteiger partial charge is 0.503 e. The molecule has 0 amide bonds. The van der Waals surface area contributed by atoms with Gasteiger partial charge in [-0.2, -0.15) is 0 Å². The fourth-order valence-electron chi connectivity index (χ4n) is 2.38. The number of phenols is 1. The van der Waals surface area contributed by atoms with Gasteiger partial charge in [0.1, 0.15) is 0 Å². The molecule has 1 saturated heterocycles. The Bertz CT molecular complexity index is 459. The molecule has 0 aromatic heterocycles. The molecular formula is C14H19BrN2O2. The van der Waals surface area contributed by atoms with Crippen LogP contribution in [0.25, 0.3) is 0 Å². The van der Waals surface area contributed by atoms with E-state index in [0.29, 0.717) is 10.2 Å². The van der Waals surface area contributed by atoms with E-state index in [1.807, 2.05) is 18.2 Å². The second-order valence-electron chi connectivity index (χ2n) is 4.52. The van der Waals surface area contributed by atoms with E-state index in [4.69, 9.17) is 4.74 Å². The summed E-state index contributed by atoms with van der Waals surface area (Å²) in [5.41, 5.74) is 1.07. The number of nitrogens with one attached hydrogen (secondary N) is 1. The molecule has 0 spiro atoms. The number of benzene rings is 1. The number of nitrogens with zero attached hydrogens (tertiary/aromatic N) is 1. The molecular weight excluding hydrogens is 308 g/mol. The molecule has 1 aromatic rings. The molecule has 104 valence electrons. The van der Waals surface area contributed by atoms with Crippen LogP contribution in [0.15, 0.2) is 29.3 Å². The van der Waals surface area contributed by atoms with E-state index in [2.05, 4.69) is 32.7 Å². The first kappa shape index (κ1) is 14.4. The van der Waals surface area contributed by atoms with E-state index in [-0.39, 0.29) is 11.8 Å². The Morgan fingerprint density at radius 2 is 2.16 bits per heavy atom. The first-order valence-corrected chi connectivity index (χ1v) is 7.10. The summed E-state index contributed by atoms with van der Waals surface area (Å²) in [5, 5.41) is 13.2. The van der Waals surface area contributed by atoms with Gasteiger partial charge < -0.3 is 15.2 Å². The smallest absolute Gasteiger partial charge is 0.172 e. The van der Waals surface area contributed by atoms with Crippen molar-refractivity contribution in [1.82, 2.24) is 10.2 Å². The molecule has 0 unspecified atom stereocenters. The van der Waals surface area contributed by atoms with Crippen molar-refractivity contribution in [3.63, 3.8) is 0 Å². The Balaban J connectivity index is 2.32. The number of phenolic OH excluding ortho intramolecular Hbond substituents is 1. The van der Waals surface area contributed by atoms with Crippen molar-refractivity contribution >= 4 is 15.9 Å². The molecule has 4 nitrogen and oxygen atoms in total. The van der Waals surface area contributed by atoms with Crippen molar-refractivity contribution in [2.45, 2.75) is 6.04 Å². The quantitative estimate of drug-likeness (QED) is 0.833. The summed E-state index contributed by atoms with van der Waals surface area (Å²) in [4.78, 5) is 2.36. The van der Waals surface area contributed by atoms with Gasteiger partial charge in [-0.25, -0.2) is 0 Å². The van der Waals surface area contributed by atoms with Crippen LogP contribution in [0.2, 0.25) is 0 Å². The lowest BCUT2D eigenvalue weighted by molar-refractivity contribution is 0.203. The van der Waals surface area contributed by atoms with Crippen molar-refractivity contribution in [3.8, 4) is 11.5 Å². The Hall–Kier alpha value is -1.04. The van der Waals surface area contributed by atoms with Gasteiger partial charge in [0.15, 0.2) is 11.5 Å². The minimum atomic E-state index is 0.132. The van der Waals surface area contributed by atoms with E-state index in [1.54, 1.807) is 7.11 Å². The number of hydrogen-bond acceptors (Lipinski definition) is 4. The molecule has 1 atom stereocenters. The highest BCUT2D eigenvalue weighted by Crippen LogP contribution is 2.38. The second-order valence-corrected chi connectivity index (χ2v) is 5.37. The molecule has 19 heavy (non-hydrogen) atoms. The number of aromatic hydroxyl groups is 1. The third-order valence-electron chi connectivity index (χ3n) is 3.38. The topological polar surface area (TPSA) is 44.7 Å². The number of methoxy groups -OCH3 is 1. The normalized spacial score (nSPS) is 18.0. The standard InChI is InChI=1S/C14H19BrN2O2/c1-3-12(17-6-4-16-5-7-17)10-8-11(15)14(18)13(9-10)19-2/h3,8-9,12,16,18H,1,4-7H2,2H3/t12-/m0/s1. The summed E-state index contributed by atoms with van der Waals surface area (Å²) in [7, 11) is 1.55. The van der Waals surface area contributed by atoms with E-state index in [9.17, 15) is 5.11 Å². The van der Waals surface area contributed by atoms with Crippen molar-refractivity contribution in [2.24, 2.45) is 0 Å². The minimum absolute atomic E-state index is 0.132. The molecule has 0 aliphatic carbocycles. The monoisotopic (exact) mass is 326 g/mol. The number of piperazine rings is 1. The van der Waals surface area contributed by atoms with Crippen molar-refractivity contribution in [3.05, 3.63) is 34.8 Å². The van der Waals surface area contributed by atoms with Gasteiger partial charge in [0, 0.05) is 26.2 Å². The maximum absolute atomic E-state index is 9.87. The second kappa shape index (κ2) is 6.41. The lowest BCUT2D eigenvalue weighted by atomic mass is 10.0. The maximum Gasteiger partial charge on any atom is 0.172 e. The highest BCUT2D eigenvalue weighted by atomic mass is 79.9. The van der Waals surface area contributed by atoms with Gasteiger partial charge in [-0.05, 0) is 33.6 Å². The molecule has 1 heterocycles. The minimum Gasteiger partial charge on any atom is -0.503 e. The summed E-state index contributed by atoms with van der Waals surface area (Å²) in [6.45, 7) is 7.88. The Morgan fingerprint density at radius 3 is 2.74 bits per heavy atom. The third kappa shape index (κ3) is 3.11. The third-order valence-corrected chi connectivity index (χ3v) is 3.98. The summed E-state index contributed by atoms with van der Waals surface area (Å²) in [6, 6.07) is 3.92. The number of rotatable bonds is 4. The van der Waals surface area contributed by atoms with Crippen LogP contribution in [0.4, 0.5) is 0 Å². The summed E-state index contributed by atoms with van der Waals surface area (Å²) >= 11 is 3.36. The molecule has 2 N–H and O–H groups in total. The molecule has 1 aliphatic heterocycles. The Morgan fingerprint density at radius 1 is 1.47 bits per heavy atom. The molecule has 0 saturated carbocycles. The van der Waals surface area contributed by atoms with Crippen LogP contribution in [0.5, 0.6) is 11.5 Å². The van der Waals surface area contributed by atoms with Gasteiger partial charge in [0.25, 0.3) is 0 Å². The van der Waals surface area contributed by atoms with E-state index < -0.39 is 0 Å². The van der Waals surface area contributed by atoms with Crippen LogP contribution in [-0.4, -0.2) is 43.3 Å². The van der Waals surface area contributed by atoms with Gasteiger partial charge >= 0.3 is 0 Å². The van der Waals surface area contributed by atoms with Gasteiger partial charge in [-0.1, -0.05) is 6.08 Å². The van der Waals surface area contributed by atoms with Crippen LogP contribution < -0.4 is 10.1 Å². The van der Waals surface area contributed by atoms with Crippen molar-refractivity contribution in [1.29, 1.82) is 0 Å². The predicted molar refractivity (Wildman–Crippen MR) is 79.7 cm³/mol. The van der Waals surface area contributed by atoms with Crippen LogP contribution in [0.3, 0.4) is 0 Å². The molecule has 2 rings (SSSR count). The summed E-state index contributed by atoms with van der Waals surface area (Å²) < 4.78 is 5.85. The highest BCUT2D eigenvalue weighted by molar-refractivity contribution is 9.10. The highest BCUT2D eigenvalue weighted by Gasteiger charge is 2.21. The Kier molecular flexibility index (Phi) is 4.85. The Labute approximate surface area is 122 Å². The number of hydrogen-bond donors (Lipinski definition) is 2. The molecule has 0 radical (unpaired) electrons. The predicted octanol–water partition coefficient (Wildman–Crippen LogP) is 2.30. The fraction of sp³-hybridized carbons (Fsp3) is 0.429. The first-order valence-electron chi connectivity index (χ1n) is 6.31. The zero-order chi connectivity index (χ0) is 13.8. The molecule has 0 bridgehead atoms. The average molecular weight is 327 g/mol. The first-order chi connectivity index (χ1) is 9.17. The van der Waals surface area contributed by atoms with Crippen molar-refractivity contribution < 1.29 is 9.84 Å². The van der Waals surface area contributed by atoms with Crippen molar-refractivity contribution in [2.75, 3.05) is 33.3 Å². The summed E-state index contributed by atoms with van der Waals surface area (Å²) in [6.07, 6.45) is 1.93. The zero-order valence-corrected chi connectivity index (χ0v) is 12.6. The van der Waals surface area contributed by atoms with Crippen LogP contribution in [0, 0.1) is 0 Å². The SMILES string of the molecule is C=C[C@@H](c1cc(Br)c(O)c(OC)c1)N1CCNCC1. The number of ether oxygens (including phenoxy) is 1. The van der Waals surface area contributed by atoms with Crippen LogP contribution in [-0.2, 0) is 0 Å². The maximum atomic E-state index is 9.87. The van der Waals surface area contributed by atoms with Gasteiger partial charge in [-0.15, -0.1) is 6.58 Å². The van der Waals surface area contributed by atoms with E-state index >= 15 is 0 Å². The zero-order valence-electron chi connectivity index (χ0n) is 11.0. The molecule has 1 aliphatic rings. The van der Waals surface area contributed by atoms with E-state index in [1.165, 1.54) is 0 Å². The lowest BCUT2D eigenvalue weighted by Crippen LogP contribution is -2.44. The fourth-order valence-corrected chi connectivity index (χ4v) is 2.84.